The maximum Gasteiger partial charge on any atom is 0.0768 e. The van der Waals surface area contributed by atoms with E-state index in [-0.39, 0.29) is 0 Å². The van der Waals surface area contributed by atoms with Crippen LogP contribution in [0.15, 0.2) is 0 Å². The lowest BCUT2D eigenvalue weighted by atomic mass is 9.92. The van der Waals surface area contributed by atoms with Gasteiger partial charge in [0.15, 0.2) is 0 Å². The van der Waals surface area contributed by atoms with Crippen molar-refractivity contribution in [2.75, 3.05) is 32.7 Å². The molecule has 2 heterocycles. The molecule has 3 heteroatoms. The number of rotatable bonds is 3. The quantitative estimate of drug-likeness (QED) is 0.811. The van der Waals surface area contributed by atoms with E-state index >= 15 is 0 Å². The van der Waals surface area contributed by atoms with Gasteiger partial charge in [0.1, 0.15) is 0 Å². The normalized spacial score (nSPS) is 31.2. The van der Waals surface area contributed by atoms with Crippen molar-refractivity contribution >= 4 is 0 Å². The molecule has 0 aromatic rings. The van der Waals surface area contributed by atoms with Gasteiger partial charge < -0.3 is 5.11 Å². The molecule has 0 aliphatic carbocycles. The third-order valence-corrected chi connectivity index (χ3v) is 4.68. The van der Waals surface area contributed by atoms with Crippen molar-refractivity contribution in [3.05, 3.63) is 0 Å². The third-order valence-electron chi connectivity index (χ3n) is 4.68. The summed E-state index contributed by atoms with van der Waals surface area (Å²) >= 11 is 0. The van der Waals surface area contributed by atoms with Crippen LogP contribution in [-0.4, -0.2) is 59.3 Å². The molecule has 2 aliphatic rings. The zero-order valence-electron chi connectivity index (χ0n) is 11.7. The average molecular weight is 240 g/mol. The summed E-state index contributed by atoms with van der Waals surface area (Å²) in [6, 6.07) is 0.750. The molecule has 2 saturated heterocycles. The number of aliphatic hydroxyl groups is 1. The molecule has 0 saturated carbocycles. The van der Waals surface area contributed by atoms with E-state index in [2.05, 4.69) is 23.6 Å². The summed E-state index contributed by atoms with van der Waals surface area (Å²) in [6.45, 7) is 11.9. The number of fused-ring (bicyclic) bond motifs is 1. The Labute approximate surface area is 106 Å². The minimum absolute atomic E-state index is 0.324. The molecule has 0 radical (unpaired) electrons. The van der Waals surface area contributed by atoms with Crippen molar-refractivity contribution in [1.29, 1.82) is 0 Å². The topological polar surface area (TPSA) is 26.7 Å². The van der Waals surface area contributed by atoms with Crippen LogP contribution in [0.4, 0.5) is 0 Å². The third kappa shape index (κ3) is 3.21. The molecule has 2 atom stereocenters. The lowest BCUT2D eigenvalue weighted by Crippen LogP contribution is -2.47. The lowest BCUT2D eigenvalue weighted by Gasteiger charge is -2.35. The zero-order chi connectivity index (χ0) is 12.5. The van der Waals surface area contributed by atoms with E-state index in [1.54, 1.807) is 0 Å². The second-order valence-electron chi connectivity index (χ2n) is 6.43. The predicted octanol–water partition coefficient (Wildman–Crippen LogP) is 1.56. The SMILES string of the molecule is CC(C)C(C)(O)CN1CCCN2CCCC2C1. The van der Waals surface area contributed by atoms with Crippen LogP contribution in [0.3, 0.4) is 0 Å². The number of hydrogen-bond donors (Lipinski definition) is 1. The van der Waals surface area contributed by atoms with Crippen molar-refractivity contribution in [3.63, 3.8) is 0 Å². The monoisotopic (exact) mass is 240 g/mol. The van der Waals surface area contributed by atoms with E-state index in [9.17, 15) is 5.11 Å². The summed E-state index contributed by atoms with van der Waals surface area (Å²) < 4.78 is 0. The predicted molar refractivity (Wildman–Crippen MR) is 71.1 cm³/mol. The van der Waals surface area contributed by atoms with Crippen molar-refractivity contribution in [2.45, 2.75) is 51.7 Å². The van der Waals surface area contributed by atoms with Crippen LogP contribution in [0, 0.1) is 5.92 Å². The molecule has 100 valence electrons. The van der Waals surface area contributed by atoms with E-state index in [1.807, 2.05) is 6.92 Å². The molecular formula is C14H28N2O. The van der Waals surface area contributed by atoms with Crippen LogP contribution < -0.4 is 0 Å². The van der Waals surface area contributed by atoms with Crippen LogP contribution in [0.1, 0.15) is 40.0 Å². The van der Waals surface area contributed by atoms with Gasteiger partial charge in [-0.2, -0.15) is 0 Å². The van der Waals surface area contributed by atoms with Crippen LogP contribution in [-0.2, 0) is 0 Å². The van der Waals surface area contributed by atoms with Gasteiger partial charge in [-0.15, -0.1) is 0 Å². The fraction of sp³-hybridized carbons (Fsp3) is 1.00. The van der Waals surface area contributed by atoms with Crippen LogP contribution >= 0.6 is 0 Å². The summed E-state index contributed by atoms with van der Waals surface area (Å²) in [7, 11) is 0. The van der Waals surface area contributed by atoms with Gasteiger partial charge in [0.05, 0.1) is 5.60 Å². The Morgan fingerprint density at radius 2 is 1.94 bits per heavy atom. The summed E-state index contributed by atoms with van der Waals surface area (Å²) in [4.78, 5) is 5.13. The van der Waals surface area contributed by atoms with Crippen molar-refractivity contribution in [2.24, 2.45) is 5.92 Å². The highest BCUT2D eigenvalue weighted by atomic mass is 16.3. The standard InChI is InChI=1S/C14H28N2O/c1-12(2)14(3,17)11-15-7-5-9-16-8-4-6-13(16)10-15/h12-13,17H,4-11H2,1-3H3. The van der Waals surface area contributed by atoms with Gasteiger partial charge >= 0.3 is 0 Å². The first kappa shape index (κ1) is 13.3. The molecule has 1 N–H and O–H groups in total. The highest BCUT2D eigenvalue weighted by Gasteiger charge is 2.33. The first-order valence-corrected chi connectivity index (χ1v) is 7.18. The maximum atomic E-state index is 10.4. The van der Waals surface area contributed by atoms with Crippen molar-refractivity contribution in [1.82, 2.24) is 9.80 Å². The number of nitrogens with zero attached hydrogens (tertiary/aromatic N) is 2. The molecule has 2 aliphatic heterocycles. The Bertz CT molecular complexity index is 253. The van der Waals surface area contributed by atoms with Gasteiger partial charge in [-0.3, -0.25) is 9.80 Å². The Morgan fingerprint density at radius 1 is 1.24 bits per heavy atom. The number of hydrogen-bond acceptors (Lipinski definition) is 3. The summed E-state index contributed by atoms with van der Waals surface area (Å²) in [6.07, 6.45) is 3.96. The van der Waals surface area contributed by atoms with Crippen LogP contribution in [0.5, 0.6) is 0 Å². The van der Waals surface area contributed by atoms with E-state index in [4.69, 9.17) is 0 Å². The van der Waals surface area contributed by atoms with Gasteiger partial charge in [-0.25, -0.2) is 0 Å². The minimum Gasteiger partial charge on any atom is -0.389 e. The van der Waals surface area contributed by atoms with Gasteiger partial charge in [-0.1, -0.05) is 13.8 Å². The summed E-state index contributed by atoms with van der Waals surface area (Å²) in [5.41, 5.74) is -0.548. The van der Waals surface area contributed by atoms with E-state index < -0.39 is 5.60 Å². The maximum absolute atomic E-state index is 10.4. The highest BCUT2D eigenvalue weighted by Crippen LogP contribution is 2.24. The lowest BCUT2D eigenvalue weighted by molar-refractivity contribution is -0.0198. The Morgan fingerprint density at radius 3 is 2.65 bits per heavy atom. The first-order valence-electron chi connectivity index (χ1n) is 7.18. The first-order chi connectivity index (χ1) is 7.99. The van der Waals surface area contributed by atoms with Gasteiger partial charge in [0, 0.05) is 19.1 Å². The van der Waals surface area contributed by atoms with Crippen LogP contribution in [0.25, 0.3) is 0 Å². The summed E-state index contributed by atoms with van der Waals surface area (Å²) in [5.74, 6) is 0.324. The largest absolute Gasteiger partial charge is 0.389 e. The second kappa shape index (κ2) is 5.25. The van der Waals surface area contributed by atoms with E-state index in [0.717, 1.165) is 25.7 Å². The molecule has 0 spiro atoms. The molecule has 3 nitrogen and oxygen atoms in total. The molecule has 2 rings (SSSR count). The fourth-order valence-electron chi connectivity index (χ4n) is 3.06. The summed E-state index contributed by atoms with van der Waals surface area (Å²) in [5, 5.41) is 10.4. The van der Waals surface area contributed by atoms with E-state index in [0.29, 0.717) is 5.92 Å². The van der Waals surface area contributed by atoms with Crippen molar-refractivity contribution in [3.8, 4) is 0 Å². The molecule has 2 unspecified atom stereocenters. The van der Waals surface area contributed by atoms with Gasteiger partial charge in [-0.05, 0) is 51.7 Å². The average Bonchev–Trinajstić information content (AvgIpc) is 2.57. The fourth-order valence-corrected chi connectivity index (χ4v) is 3.06. The van der Waals surface area contributed by atoms with E-state index in [1.165, 1.54) is 32.4 Å². The Hall–Kier alpha value is -0.120. The van der Waals surface area contributed by atoms with Gasteiger partial charge in [0.25, 0.3) is 0 Å². The molecule has 0 aromatic carbocycles. The Kier molecular flexibility index (Phi) is 4.11. The van der Waals surface area contributed by atoms with Gasteiger partial charge in [0.2, 0.25) is 0 Å². The smallest absolute Gasteiger partial charge is 0.0768 e. The molecule has 0 bridgehead atoms. The second-order valence-corrected chi connectivity index (χ2v) is 6.43. The van der Waals surface area contributed by atoms with Crippen LogP contribution in [0.2, 0.25) is 0 Å². The number of β-amino-alcohol motifs (C(OH)–C–C–N with tert-alkyl or cyclic N) is 1. The Balaban J connectivity index is 1.92. The zero-order valence-corrected chi connectivity index (χ0v) is 11.7. The molecular weight excluding hydrogens is 212 g/mol. The molecule has 17 heavy (non-hydrogen) atoms. The molecule has 0 amide bonds. The van der Waals surface area contributed by atoms with Crippen molar-refractivity contribution < 1.29 is 5.11 Å². The highest BCUT2D eigenvalue weighted by molar-refractivity contribution is 4.88. The molecule has 2 fully saturated rings. The minimum atomic E-state index is -0.548. The molecule has 0 aromatic heterocycles.